The highest BCUT2D eigenvalue weighted by Gasteiger charge is 2.30. The van der Waals surface area contributed by atoms with Crippen LogP contribution >= 0.6 is 11.6 Å². The number of rotatable bonds is 4. The third kappa shape index (κ3) is 3.95. The van der Waals surface area contributed by atoms with E-state index in [2.05, 4.69) is 15.4 Å². The molecule has 1 N–H and O–H groups in total. The van der Waals surface area contributed by atoms with Crippen molar-refractivity contribution in [2.75, 3.05) is 36.5 Å². The van der Waals surface area contributed by atoms with Crippen molar-refractivity contribution >= 4 is 34.6 Å². The SMILES string of the molecule is O=C(Nc1cccc(Cl)c1N1CCOCC1)C1CC(c2cccc(F)c2)=NO1. The number of amides is 1. The Balaban J connectivity index is 1.47. The minimum atomic E-state index is -0.783. The Hall–Kier alpha value is -2.64. The van der Waals surface area contributed by atoms with Crippen molar-refractivity contribution in [3.8, 4) is 0 Å². The first-order valence-corrected chi connectivity index (χ1v) is 9.40. The van der Waals surface area contributed by atoms with Gasteiger partial charge in [0.1, 0.15) is 5.82 Å². The summed E-state index contributed by atoms with van der Waals surface area (Å²) in [6.07, 6.45) is -0.516. The normalized spacial score (nSPS) is 19.1. The van der Waals surface area contributed by atoms with Crippen LogP contribution in [-0.4, -0.2) is 44.0 Å². The van der Waals surface area contributed by atoms with E-state index in [1.54, 1.807) is 30.3 Å². The summed E-state index contributed by atoms with van der Waals surface area (Å²) >= 11 is 6.40. The van der Waals surface area contributed by atoms with Gasteiger partial charge in [0.2, 0.25) is 6.10 Å². The second kappa shape index (κ2) is 8.16. The monoisotopic (exact) mass is 403 g/mol. The number of oxime groups is 1. The highest BCUT2D eigenvalue weighted by molar-refractivity contribution is 6.34. The van der Waals surface area contributed by atoms with Crippen LogP contribution in [0, 0.1) is 5.82 Å². The van der Waals surface area contributed by atoms with Crippen LogP contribution in [0.5, 0.6) is 0 Å². The van der Waals surface area contributed by atoms with Crippen molar-refractivity contribution in [2.45, 2.75) is 12.5 Å². The number of nitrogens with one attached hydrogen (secondary N) is 1. The molecule has 0 saturated carbocycles. The third-order valence-corrected chi connectivity index (χ3v) is 5.00. The van der Waals surface area contributed by atoms with E-state index in [-0.39, 0.29) is 18.1 Å². The van der Waals surface area contributed by atoms with Crippen molar-refractivity contribution in [3.63, 3.8) is 0 Å². The molecule has 0 bridgehead atoms. The fraction of sp³-hybridized carbons (Fsp3) is 0.300. The van der Waals surface area contributed by atoms with Crippen LogP contribution in [0.3, 0.4) is 0 Å². The van der Waals surface area contributed by atoms with E-state index in [1.165, 1.54) is 12.1 Å². The molecule has 1 atom stereocenters. The predicted octanol–water partition coefficient (Wildman–Crippen LogP) is 3.45. The van der Waals surface area contributed by atoms with Crippen molar-refractivity contribution in [1.82, 2.24) is 0 Å². The summed E-state index contributed by atoms with van der Waals surface area (Å²) in [6.45, 7) is 2.60. The Morgan fingerprint density at radius 3 is 2.79 bits per heavy atom. The minimum Gasteiger partial charge on any atom is -0.382 e. The van der Waals surface area contributed by atoms with E-state index in [0.717, 1.165) is 5.69 Å². The molecule has 1 amide bonds. The number of hydrogen-bond acceptors (Lipinski definition) is 5. The fourth-order valence-electron chi connectivity index (χ4n) is 3.29. The average molecular weight is 404 g/mol. The van der Waals surface area contributed by atoms with Gasteiger partial charge >= 0.3 is 0 Å². The molecule has 0 radical (unpaired) electrons. The molecule has 8 heteroatoms. The number of para-hydroxylation sites is 1. The summed E-state index contributed by atoms with van der Waals surface area (Å²) in [6, 6.07) is 11.4. The maximum Gasteiger partial charge on any atom is 0.268 e. The molecule has 146 valence electrons. The second-order valence-electron chi connectivity index (χ2n) is 6.57. The number of anilines is 2. The lowest BCUT2D eigenvalue weighted by atomic mass is 10.0. The van der Waals surface area contributed by atoms with Gasteiger partial charge in [-0.1, -0.05) is 35.0 Å². The van der Waals surface area contributed by atoms with Gasteiger partial charge in [0.05, 0.1) is 35.3 Å². The van der Waals surface area contributed by atoms with E-state index in [1.807, 2.05) is 0 Å². The zero-order valence-corrected chi connectivity index (χ0v) is 15.8. The Kier molecular flexibility index (Phi) is 5.45. The van der Waals surface area contributed by atoms with Crippen LogP contribution in [0.1, 0.15) is 12.0 Å². The summed E-state index contributed by atoms with van der Waals surface area (Å²) in [5.74, 6) is -0.686. The van der Waals surface area contributed by atoms with Crippen molar-refractivity contribution in [2.24, 2.45) is 5.16 Å². The van der Waals surface area contributed by atoms with Gasteiger partial charge in [-0.3, -0.25) is 4.79 Å². The molecule has 0 aliphatic carbocycles. The van der Waals surface area contributed by atoms with Gasteiger partial charge in [-0.05, 0) is 24.3 Å². The van der Waals surface area contributed by atoms with Crippen LogP contribution < -0.4 is 10.2 Å². The zero-order valence-electron chi connectivity index (χ0n) is 15.0. The number of carbonyl (C=O) groups is 1. The Morgan fingerprint density at radius 1 is 1.21 bits per heavy atom. The minimum absolute atomic E-state index is 0.267. The second-order valence-corrected chi connectivity index (χ2v) is 6.98. The lowest BCUT2D eigenvalue weighted by Crippen LogP contribution is -2.37. The topological polar surface area (TPSA) is 63.2 Å². The van der Waals surface area contributed by atoms with Gasteiger partial charge in [0.25, 0.3) is 5.91 Å². The number of morpholine rings is 1. The van der Waals surface area contributed by atoms with Gasteiger partial charge < -0.3 is 19.8 Å². The molecule has 0 spiro atoms. The lowest BCUT2D eigenvalue weighted by Gasteiger charge is -2.31. The quantitative estimate of drug-likeness (QED) is 0.849. The molecule has 0 aromatic heterocycles. The third-order valence-electron chi connectivity index (χ3n) is 4.69. The molecular formula is C20H19ClFN3O3. The summed E-state index contributed by atoms with van der Waals surface area (Å²) in [4.78, 5) is 20.1. The molecular weight excluding hydrogens is 385 g/mol. The standard InChI is InChI=1S/C20H19ClFN3O3/c21-15-5-2-6-16(19(15)25-7-9-27-10-8-25)23-20(26)18-12-17(24-28-18)13-3-1-4-14(22)11-13/h1-6,11,18H,7-10,12H2,(H,23,26). The molecule has 1 unspecified atom stereocenters. The summed E-state index contributed by atoms with van der Waals surface area (Å²) in [7, 11) is 0. The smallest absolute Gasteiger partial charge is 0.268 e. The maximum atomic E-state index is 13.4. The molecule has 2 heterocycles. The van der Waals surface area contributed by atoms with E-state index < -0.39 is 6.10 Å². The number of ether oxygens (including phenoxy) is 1. The number of halogens is 2. The molecule has 2 aromatic carbocycles. The molecule has 28 heavy (non-hydrogen) atoms. The fourth-order valence-corrected chi connectivity index (χ4v) is 3.59. The number of nitrogens with zero attached hydrogens (tertiary/aromatic N) is 2. The first-order chi connectivity index (χ1) is 13.6. The van der Waals surface area contributed by atoms with Gasteiger partial charge in [-0.25, -0.2) is 4.39 Å². The van der Waals surface area contributed by atoms with Crippen LogP contribution in [0.25, 0.3) is 0 Å². The Morgan fingerprint density at radius 2 is 2.00 bits per heavy atom. The summed E-state index contributed by atoms with van der Waals surface area (Å²) < 4.78 is 18.8. The van der Waals surface area contributed by atoms with Gasteiger partial charge in [0, 0.05) is 25.1 Å². The van der Waals surface area contributed by atoms with Gasteiger partial charge in [-0.15, -0.1) is 0 Å². The molecule has 6 nitrogen and oxygen atoms in total. The van der Waals surface area contributed by atoms with Crippen molar-refractivity contribution in [1.29, 1.82) is 0 Å². The molecule has 2 aromatic rings. The first-order valence-electron chi connectivity index (χ1n) is 9.02. The number of hydrogen-bond donors (Lipinski definition) is 1. The maximum absolute atomic E-state index is 13.4. The predicted molar refractivity (Wildman–Crippen MR) is 106 cm³/mol. The highest BCUT2D eigenvalue weighted by atomic mass is 35.5. The van der Waals surface area contributed by atoms with E-state index >= 15 is 0 Å². The lowest BCUT2D eigenvalue weighted by molar-refractivity contribution is -0.125. The van der Waals surface area contributed by atoms with Gasteiger partial charge in [-0.2, -0.15) is 0 Å². The van der Waals surface area contributed by atoms with Crippen LogP contribution in [0.2, 0.25) is 5.02 Å². The number of benzene rings is 2. The molecule has 1 fully saturated rings. The average Bonchev–Trinajstić information content (AvgIpc) is 3.19. The van der Waals surface area contributed by atoms with E-state index in [0.29, 0.717) is 48.3 Å². The largest absolute Gasteiger partial charge is 0.382 e. The van der Waals surface area contributed by atoms with Crippen molar-refractivity contribution in [3.05, 3.63) is 58.9 Å². The first kappa shape index (κ1) is 18.7. The molecule has 2 aliphatic rings. The summed E-state index contributed by atoms with van der Waals surface area (Å²) in [5.41, 5.74) is 2.53. The zero-order chi connectivity index (χ0) is 19.5. The van der Waals surface area contributed by atoms with Crippen LogP contribution in [0.4, 0.5) is 15.8 Å². The van der Waals surface area contributed by atoms with Crippen LogP contribution in [-0.2, 0) is 14.4 Å². The Labute approximate surface area is 166 Å². The summed E-state index contributed by atoms with van der Waals surface area (Å²) in [5, 5.41) is 7.41. The van der Waals surface area contributed by atoms with E-state index in [9.17, 15) is 9.18 Å². The molecule has 4 rings (SSSR count). The Bertz CT molecular complexity index is 915. The van der Waals surface area contributed by atoms with Crippen molar-refractivity contribution < 1.29 is 18.8 Å². The molecule has 2 aliphatic heterocycles. The highest BCUT2D eigenvalue weighted by Crippen LogP contribution is 2.35. The van der Waals surface area contributed by atoms with Gasteiger partial charge in [0.15, 0.2) is 0 Å². The number of carbonyl (C=O) groups excluding carboxylic acids is 1. The molecule has 1 saturated heterocycles. The van der Waals surface area contributed by atoms with E-state index in [4.69, 9.17) is 21.2 Å². The van der Waals surface area contributed by atoms with Crippen LogP contribution in [0.15, 0.2) is 47.6 Å².